The van der Waals surface area contributed by atoms with E-state index in [4.69, 9.17) is 10.8 Å². The van der Waals surface area contributed by atoms with Crippen molar-refractivity contribution in [2.45, 2.75) is 18.6 Å². The molecule has 2 unspecified atom stereocenters. The number of rotatable bonds is 4. The fraction of sp³-hybridized carbons (Fsp3) is 0.444. The zero-order chi connectivity index (χ0) is 12.4. The van der Waals surface area contributed by atoms with Crippen molar-refractivity contribution in [2.75, 3.05) is 12.3 Å². The number of aromatic amines is 1. The molecule has 92 valence electrons. The minimum absolute atomic E-state index is 0.0509. The zero-order valence-corrected chi connectivity index (χ0v) is 8.91. The molecule has 2 aromatic heterocycles. The molecule has 2 heterocycles. The Balaban J connectivity index is 2.42. The van der Waals surface area contributed by atoms with Crippen LogP contribution in [0.2, 0.25) is 0 Å². The van der Waals surface area contributed by atoms with Crippen LogP contribution < -0.4 is 5.73 Å². The molecular formula is C9H13N5O3. The van der Waals surface area contributed by atoms with Gasteiger partial charge < -0.3 is 21.1 Å². The quantitative estimate of drug-likeness (QED) is 0.447. The molecule has 2 atom stereocenters. The van der Waals surface area contributed by atoms with E-state index in [1.165, 1.54) is 6.33 Å². The monoisotopic (exact) mass is 239 g/mol. The largest absolute Gasteiger partial charge is 0.396 e. The van der Waals surface area contributed by atoms with E-state index in [-0.39, 0.29) is 24.5 Å². The summed E-state index contributed by atoms with van der Waals surface area (Å²) in [4.78, 5) is 7.67. The minimum Gasteiger partial charge on any atom is -0.396 e. The molecular weight excluding hydrogens is 226 g/mol. The standard InChI is InChI=1S/C9H13N5O3/c10-8-5-6(7(17)4(16)1-2-15)13-14-9(5)12-3-11-8/h3-4,7,15-17H,1-2H2,(H3,10,11,12,13,14). The number of hydrogen-bond donors (Lipinski definition) is 5. The van der Waals surface area contributed by atoms with Crippen LogP contribution in [0.3, 0.4) is 0 Å². The summed E-state index contributed by atoms with van der Waals surface area (Å²) in [6.07, 6.45) is -1.02. The first kappa shape index (κ1) is 11.7. The molecule has 17 heavy (non-hydrogen) atoms. The lowest BCUT2D eigenvalue weighted by Crippen LogP contribution is -2.20. The second-order valence-electron chi connectivity index (χ2n) is 3.62. The molecule has 0 amide bonds. The van der Waals surface area contributed by atoms with E-state index in [0.29, 0.717) is 11.0 Å². The predicted molar refractivity (Wildman–Crippen MR) is 58.8 cm³/mol. The molecule has 0 spiro atoms. The number of hydrogen-bond acceptors (Lipinski definition) is 7. The van der Waals surface area contributed by atoms with Crippen LogP contribution in [-0.2, 0) is 0 Å². The van der Waals surface area contributed by atoms with E-state index < -0.39 is 12.2 Å². The van der Waals surface area contributed by atoms with Crippen LogP contribution >= 0.6 is 0 Å². The molecule has 0 saturated heterocycles. The Bertz CT molecular complexity index is 514. The molecule has 0 aliphatic carbocycles. The van der Waals surface area contributed by atoms with Crippen molar-refractivity contribution >= 4 is 16.9 Å². The lowest BCUT2D eigenvalue weighted by Gasteiger charge is -2.15. The Morgan fingerprint density at radius 2 is 2.12 bits per heavy atom. The van der Waals surface area contributed by atoms with Gasteiger partial charge in [0.15, 0.2) is 5.65 Å². The third kappa shape index (κ3) is 2.05. The summed E-state index contributed by atoms with van der Waals surface area (Å²) in [7, 11) is 0. The number of nitrogen functional groups attached to an aromatic ring is 1. The van der Waals surface area contributed by atoms with Gasteiger partial charge in [0.25, 0.3) is 0 Å². The normalized spacial score (nSPS) is 15.0. The van der Waals surface area contributed by atoms with E-state index >= 15 is 0 Å². The maximum absolute atomic E-state index is 9.89. The fourth-order valence-corrected chi connectivity index (χ4v) is 1.60. The van der Waals surface area contributed by atoms with E-state index in [9.17, 15) is 10.2 Å². The van der Waals surface area contributed by atoms with Gasteiger partial charge in [-0.15, -0.1) is 0 Å². The first-order valence-electron chi connectivity index (χ1n) is 5.06. The van der Waals surface area contributed by atoms with Gasteiger partial charge in [-0.3, -0.25) is 5.10 Å². The van der Waals surface area contributed by atoms with Crippen LogP contribution in [-0.4, -0.2) is 48.2 Å². The summed E-state index contributed by atoms with van der Waals surface area (Å²) in [5, 5.41) is 35.0. The number of nitrogens with zero attached hydrogens (tertiary/aromatic N) is 3. The van der Waals surface area contributed by atoms with Crippen molar-refractivity contribution in [1.82, 2.24) is 20.2 Å². The fourth-order valence-electron chi connectivity index (χ4n) is 1.60. The maximum Gasteiger partial charge on any atom is 0.186 e. The van der Waals surface area contributed by atoms with Crippen molar-refractivity contribution in [3.05, 3.63) is 12.0 Å². The molecule has 0 fully saturated rings. The highest BCUT2D eigenvalue weighted by atomic mass is 16.3. The smallest absolute Gasteiger partial charge is 0.186 e. The highest BCUT2D eigenvalue weighted by Gasteiger charge is 2.23. The second kappa shape index (κ2) is 4.62. The van der Waals surface area contributed by atoms with Crippen LogP contribution in [0.15, 0.2) is 6.33 Å². The van der Waals surface area contributed by atoms with Crippen molar-refractivity contribution in [1.29, 1.82) is 0 Å². The summed E-state index contributed by atoms with van der Waals surface area (Å²) >= 11 is 0. The van der Waals surface area contributed by atoms with E-state index in [1.54, 1.807) is 0 Å². The van der Waals surface area contributed by atoms with Gasteiger partial charge >= 0.3 is 0 Å². The van der Waals surface area contributed by atoms with Crippen LogP contribution in [0.5, 0.6) is 0 Å². The van der Waals surface area contributed by atoms with Crippen molar-refractivity contribution in [3.8, 4) is 0 Å². The highest BCUT2D eigenvalue weighted by molar-refractivity contribution is 5.87. The Labute approximate surface area is 96.1 Å². The molecule has 0 radical (unpaired) electrons. The summed E-state index contributed by atoms with van der Waals surface area (Å²) in [5.41, 5.74) is 6.23. The number of aliphatic hydroxyl groups excluding tert-OH is 3. The summed E-state index contributed by atoms with van der Waals surface area (Å²) in [5.74, 6) is 0.175. The number of fused-ring (bicyclic) bond motifs is 1. The molecule has 8 heteroatoms. The third-order valence-corrected chi connectivity index (χ3v) is 2.49. The summed E-state index contributed by atoms with van der Waals surface area (Å²) < 4.78 is 0. The molecule has 6 N–H and O–H groups in total. The van der Waals surface area contributed by atoms with Gasteiger partial charge in [0.05, 0.1) is 17.2 Å². The van der Waals surface area contributed by atoms with Gasteiger partial charge in [-0.2, -0.15) is 5.10 Å². The van der Waals surface area contributed by atoms with Crippen LogP contribution in [0.1, 0.15) is 18.2 Å². The number of nitrogens with one attached hydrogen (secondary N) is 1. The van der Waals surface area contributed by atoms with Gasteiger partial charge in [-0.1, -0.05) is 0 Å². The molecule has 0 aromatic carbocycles. The molecule has 2 aromatic rings. The van der Waals surface area contributed by atoms with Crippen LogP contribution in [0, 0.1) is 0 Å². The van der Waals surface area contributed by atoms with E-state index in [1.807, 2.05) is 0 Å². The molecule has 0 aliphatic rings. The Hall–Kier alpha value is -1.77. The predicted octanol–water partition coefficient (Wildman–Crippen LogP) is -1.29. The first-order chi connectivity index (χ1) is 8.15. The molecule has 2 rings (SSSR count). The van der Waals surface area contributed by atoms with E-state index in [2.05, 4.69) is 20.2 Å². The van der Waals surface area contributed by atoms with Crippen molar-refractivity contribution < 1.29 is 15.3 Å². The number of aromatic nitrogens is 4. The molecule has 0 saturated carbocycles. The SMILES string of the molecule is Nc1ncnc2n[nH]c(C(O)C(O)CCO)c12. The van der Waals surface area contributed by atoms with Gasteiger partial charge in [0.2, 0.25) is 0 Å². The Morgan fingerprint density at radius 1 is 1.35 bits per heavy atom. The Kier molecular flexibility index (Phi) is 3.18. The van der Waals surface area contributed by atoms with Gasteiger partial charge in [0, 0.05) is 6.61 Å². The highest BCUT2D eigenvalue weighted by Crippen LogP contribution is 2.26. The third-order valence-electron chi connectivity index (χ3n) is 2.49. The van der Waals surface area contributed by atoms with E-state index in [0.717, 1.165) is 0 Å². The Morgan fingerprint density at radius 3 is 2.82 bits per heavy atom. The molecule has 8 nitrogen and oxygen atoms in total. The molecule has 0 aliphatic heterocycles. The van der Waals surface area contributed by atoms with Crippen LogP contribution in [0.25, 0.3) is 11.0 Å². The number of H-pyrrole nitrogens is 1. The lowest BCUT2D eigenvalue weighted by molar-refractivity contribution is 0.00265. The lowest BCUT2D eigenvalue weighted by atomic mass is 10.1. The summed E-state index contributed by atoms with van der Waals surface area (Å²) in [6.45, 7) is -0.226. The maximum atomic E-state index is 9.89. The summed E-state index contributed by atoms with van der Waals surface area (Å²) in [6, 6.07) is 0. The minimum atomic E-state index is -1.22. The second-order valence-corrected chi connectivity index (χ2v) is 3.62. The van der Waals surface area contributed by atoms with Crippen LogP contribution in [0.4, 0.5) is 5.82 Å². The molecule has 0 bridgehead atoms. The van der Waals surface area contributed by atoms with Crippen molar-refractivity contribution in [3.63, 3.8) is 0 Å². The number of nitrogens with two attached hydrogens (primary N) is 1. The zero-order valence-electron chi connectivity index (χ0n) is 8.91. The van der Waals surface area contributed by atoms with Gasteiger partial charge in [-0.25, -0.2) is 9.97 Å². The number of anilines is 1. The van der Waals surface area contributed by atoms with Gasteiger partial charge in [-0.05, 0) is 6.42 Å². The first-order valence-corrected chi connectivity index (χ1v) is 5.06. The van der Waals surface area contributed by atoms with Crippen molar-refractivity contribution in [2.24, 2.45) is 0 Å². The topological polar surface area (TPSA) is 141 Å². The average Bonchev–Trinajstić information content (AvgIpc) is 2.73. The van der Waals surface area contributed by atoms with Gasteiger partial charge in [0.1, 0.15) is 18.2 Å². The average molecular weight is 239 g/mol. The number of aliphatic hydroxyl groups is 3.